The van der Waals surface area contributed by atoms with E-state index < -0.39 is 0 Å². The summed E-state index contributed by atoms with van der Waals surface area (Å²) in [6.07, 6.45) is 3.45. The molecule has 1 N–H and O–H groups in total. The zero-order valence-electron chi connectivity index (χ0n) is 14.9. The van der Waals surface area contributed by atoms with E-state index in [1.54, 1.807) is 19.2 Å². The molecule has 1 aliphatic carbocycles. The van der Waals surface area contributed by atoms with Crippen molar-refractivity contribution in [2.24, 2.45) is 11.8 Å². The zero-order chi connectivity index (χ0) is 18.5. The van der Waals surface area contributed by atoms with Crippen LogP contribution < -0.4 is 14.8 Å². The van der Waals surface area contributed by atoms with E-state index in [-0.39, 0.29) is 42.7 Å². The largest absolute Gasteiger partial charge is 0.497 e. The molecule has 140 valence electrons. The number of hydrogen-bond acceptors (Lipinski definition) is 5. The highest BCUT2D eigenvalue weighted by Crippen LogP contribution is 2.37. The molecule has 1 heterocycles. The normalized spacial score (nSPS) is 22.1. The number of ether oxygens (including phenoxy) is 2. The van der Waals surface area contributed by atoms with Crippen molar-refractivity contribution in [3.63, 3.8) is 0 Å². The number of likely N-dealkylation sites (tertiary alicyclic amines) is 1. The molecule has 1 aromatic rings. The van der Waals surface area contributed by atoms with Gasteiger partial charge in [0.1, 0.15) is 24.7 Å². The topological polar surface area (TPSA) is 84.9 Å². The number of carbonyl (C=O) groups excluding carboxylic acids is 3. The number of nitrogens with one attached hydrogen (secondary N) is 1. The fourth-order valence-electron chi connectivity index (χ4n) is 3.64. The van der Waals surface area contributed by atoms with Gasteiger partial charge < -0.3 is 14.8 Å². The Labute approximate surface area is 152 Å². The number of benzene rings is 1. The number of hydrogen-bond donors (Lipinski definition) is 1. The van der Waals surface area contributed by atoms with Gasteiger partial charge in [0, 0.05) is 6.07 Å². The Morgan fingerprint density at radius 1 is 1.15 bits per heavy atom. The van der Waals surface area contributed by atoms with E-state index in [1.807, 2.05) is 12.1 Å². The number of rotatable bonds is 7. The minimum Gasteiger partial charge on any atom is -0.497 e. The maximum Gasteiger partial charge on any atom is 0.240 e. The Hall–Kier alpha value is -2.57. The average Bonchev–Trinajstić information content (AvgIpc) is 2.91. The van der Waals surface area contributed by atoms with Crippen LogP contribution in [0.15, 0.2) is 24.3 Å². The molecule has 3 amide bonds. The van der Waals surface area contributed by atoms with Crippen LogP contribution in [0.2, 0.25) is 0 Å². The number of imide groups is 1. The van der Waals surface area contributed by atoms with Gasteiger partial charge in [-0.1, -0.05) is 18.9 Å². The van der Waals surface area contributed by atoms with Crippen LogP contribution in [0.25, 0.3) is 0 Å². The highest BCUT2D eigenvalue weighted by Gasteiger charge is 2.48. The van der Waals surface area contributed by atoms with E-state index >= 15 is 0 Å². The third kappa shape index (κ3) is 3.98. The van der Waals surface area contributed by atoms with Crippen LogP contribution in [0.5, 0.6) is 11.5 Å². The molecule has 1 aliphatic heterocycles. The van der Waals surface area contributed by atoms with Crippen LogP contribution >= 0.6 is 0 Å². The fraction of sp³-hybridized carbons (Fsp3) is 0.526. The molecule has 0 bridgehead atoms. The molecule has 1 saturated carbocycles. The van der Waals surface area contributed by atoms with Crippen molar-refractivity contribution in [2.45, 2.75) is 25.7 Å². The summed E-state index contributed by atoms with van der Waals surface area (Å²) in [7, 11) is 1.58. The van der Waals surface area contributed by atoms with Gasteiger partial charge in [0.25, 0.3) is 0 Å². The van der Waals surface area contributed by atoms with E-state index in [9.17, 15) is 14.4 Å². The summed E-state index contributed by atoms with van der Waals surface area (Å²) in [4.78, 5) is 37.9. The monoisotopic (exact) mass is 360 g/mol. The Kier molecular flexibility index (Phi) is 5.75. The summed E-state index contributed by atoms with van der Waals surface area (Å²) in [5, 5.41) is 2.69. The minimum atomic E-state index is -0.348. The molecule has 1 saturated heterocycles. The lowest BCUT2D eigenvalue weighted by atomic mass is 9.81. The summed E-state index contributed by atoms with van der Waals surface area (Å²) in [6, 6.07) is 7.19. The number of nitrogens with zero attached hydrogens (tertiary/aromatic N) is 1. The first-order valence-electron chi connectivity index (χ1n) is 8.99. The lowest BCUT2D eigenvalue weighted by Crippen LogP contribution is -2.42. The second-order valence-corrected chi connectivity index (χ2v) is 6.64. The first-order chi connectivity index (χ1) is 12.6. The van der Waals surface area contributed by atoms with Crippen LogP contribution in [0.4, 0.5) is 0 Å². The fourth-order valence-corrected chi connectivity index (χ4v) is 3.64. The average molecular weight is 360 g/mol. The van der Waals surface area contributed by atoms with Crippen LogP contribution in [0.3, 0.4) is 0 Å². The van der Waals surface area contributed by atoms with E-state index in [1.165, 1.54) is 0 Å². The van der Waals surface area contributed by atoms with Gasteiger partial charge in [0.05, 0.1) is 25.5 Å². The molecule has 2 atom stereocenters. The summed E-state index contributed by atoms with van der Waals surface area (Å²) in [6.45, 7) is 0.370. The molecule has 26 heavy (non-hydrogen) atoms. The molecule has 2 aliphatic rings. The van der Waals surface area contributed by atoms with Crippen LogP contribution in [-0.2, 0) is 14.4 Å². The van der Waals surface area contributed by atoms with Crippen molar-refractivity contribution in [2.75, 3.05) is 26.8 Å². The number of fused-ring (bicyclic) bond motifs is 1. The van der Waals surface area contributed by atoms with Gasteiger partial charge in [-0.3, -0.25) is 19.3 Å². The Bertz CT molecular complexity index is 666. The maximum atomic E-state index is 12.3. The van der Waals surface area contributed by atoms with Gasteiger partial charge in [-0.2, -0.15) is 0 Å². The Morgan fingerprint density at radius 2 is 1.81 bits per heavy atom. The predicted octanol–water partition coefficient (Wildman–Crippen LogP) is 1.37. The summed E-state index contributed by atoms with van der Waals surface area (Å²) < 4.78 is 10.7. The van der Waals surface area contributed by atoms with Crippen LogP contribution in [0, 0.1) is 11.8 Å². The van der Waals surface area contributed by atoms with Gasteiger partial charge in [0.15, 0.2) is 0 Å². The molecule has 0 radical (unpaired) electrons. The molecule has 2 fully saturated rings. The molecule has 7 heteroatoms. The summed E-state index contributed by atoms with van der Waals surface area (Å²) in [5.74, 6) is 0.164. The second-order valence-electron chi connectivity index (χ2n) is 6.64. The standard InChI is InChI=1S/C19H24N2O5/c1-25-13-5-4-6-14(11-13)26-10-9-20-17(22)12-21-18(23)15-7-2-3-8-16(15)19(21)24/h4-6,11,15-16H,2-3,7-10,12H2,1H3,(H,20,22). The first kappa shape index (κ1) is 18.2. The highest BCUT2D eigenvalue weighted by atomic mass is 16.5. The van der Waals surface area contributed by atoms with Crippen molar-refractivity contribution in [1.29, 1.82) is 0 Å². The van der Waals surface area contributed by atoms with Crippen molar-refractivity contribution >= 4 is 17.7 Å². The molecule has 0 spiro atoms. The summed E-state index contributed by atoms with van der Waals surface area (Å²) in [5.41, 5.74) is 0. The third-order valence-electron chi connectivity index (χ3n) is 4.97. The molecule has 0 aromatic heterocycles. The molecule has 2 unspecified atom stereocenters. The minimum absolute atomic E-state index is 0.192. The van der Waals surface area contributed by atoms with Crippen molar-refractivity contribution in [3.8, 4) is 11.5 Å². The van der Waals surface area contributed by atoms with Crippen LogP contribution in [-0.4, -0.2) is 49.4 Å². The van der Waals surface area contributed by atoms with Gasteiger partial charge in [-0.25, -0.2) is 0 Å². The zero-order valence-corrected chi connectivity index (χ0v) is 14.9. The smallest absolute Gasteiger partial charge is 0.240 e. The Morgan fingerprint density at radius 3 is 2.46 bits per heavy atom. The van der Waals surface area contributed by atoms with E-state index in [0.717, 1.165) is 30.6 Å². The molecule has 3 rings (SSSR count). The van der Waals surface area contributed by atoms with Crippen LogP contribution in [0.1, 0.15) is 25.7 Å². The van der Waals surface area contributed by atoms with Gasteiger partial charge in [0.2, 0.25) is 17.7 Å². The van der Waals surface area contributed by atoms with E-state index in [0.29, 0.717) is 18.0 Å². The quantitative estimate of drug-likeness (QED) is 0.586. The Balaban J connectivity index is 1.42. The highest BCUT2D eigenvalue weighted by molar-refractivity contribution is 6.07. The molecular weight excluding hydrogens is 336 g/mol. The number of amides is 3. The predicted molar refractivity (Wildman–Crippen MR) is 93.7 cm³/mol. The van der Waals surface area contributed by atoms with E-state index in [4.69, 9.17) is 9.47 Å². The van der Waals surface area contributed by atoms with E-state index in [2.05, 4.69) is 5.32 Å². The lowest BCUT2D eigenvalue weighted by molar-refractivity contribution is -0.143. The van der Waals surface area contributed by atoms with Crippen molar-refractivity contribution < 1.29 is 23.9 Å². The lowest BCUT2D eigenvalue weighted by Gasteiger charge is -2.19. The van der Waals surface area contributed by atoms with Gasteiger partial charge >= 0.3 is 0 Å². The van der Waals surface area contributed by atoms with Crippen molar-refractivity contribution in [3.05, 3.63) is 24.3 Å². The second kappa shape index (κ2) is 8.21. The SMILES string of the molecule is COc1cccc(OCCNC(=O)CN2C(=O)C3CCCCC3C2=O)c1. The maximum absolute atomic E-state index is 12.3. The third-order valence-corrected chi connectivity index (χ3v) is 4.97. The van der Waals surface area contributed by atoms with Gasteiger partial charge in [-0.05, 0) is 25.0 Å². The van der Waals surface area contributed by atoms with Gasteiger partial charge in [-0.15, -0.1) is 0 Å². The number of carbonyl (C=O) groups is 3. The van der Waals surface area contributed by atoms with Crippen molar-refractivity contribution in [1.82, 2.24) is 10.2 Å². The summed E-state index contributed by atoms with van der Waals surface area (Å²) >= 11 is 0. The molecular formula is C19H24N2O5. The number of methoxy groups -OCH3 is 1. The first-order valence-corrected chi connectivity index (χ1v) is 8.99. The molecule has 1 aromatic carbocycles. The molecule has 7 nitrogen and oxygen atoms in total.